The Morgan fingerprint density at radius 3 is 2.00 bits per heavy atom. The minimum Gasteiger partial charge on any atom is -0.451 e. The van der Waals surface area contributed by atoms with E-state index in [1.807, 2.05) is 0 Å². The van der Waals surface area contributed by atoms with Crippen LogP contribution in [-0.4, -0.2) is 5.97 Å². The molecule has 2 nitrogen and oxygen atoms in total. The lowest BCUT2D eigenvalue weighted by Crippen LogP contribution is -2.35. The molecule has 0 radical (unpaired) electrons. The molecule has 1 aliphatic carbocycles. The van der Waals surface area contributed by atoms with Crippen molar-refractivity contribution in [2.75, 3.05) is 0 Å². The molecule has 1 saturated carbocycles. The van der Waals surface area contributed by atoms with Gasteiger partial charge in [0.1, 0.15) is 5.60 Å². The normalized spacial score (nSPS) is 16.5. The second kappa shape index (κ2) is 6.60. The van der Waals surface area contributed by atoms with Crippen molar-refractivity contribution >= 4 is 27.5 Å². The molecule has 3 aromatic rings. The summed E-state index contributed by atoms with van der Waals surface area (Å²) in [5.41, 5.74) is 1.05. The Labute approximate surface area is 154 Å². The van der Waals surface area contributed by atoms with E-state index in [0.717, 1.165) is 25.7 Å². The van der Waals surface area contributed by atoms with Crippen molar-refractivity contribution in [1.29, 1.82) is 0 Å². The number of rotatable bonds is 3. The van der Waals surface area contributed by atoms with Crippen LogP contribution in [0.25, 0.3) is 21.5 Å². The van der Waals surface area contributed by atoms with Crippen LogP contribution in [0, 0.1) is 0 Å². The maximum atomic E-state index is 12.5. The Kier molecular flexibility index (Phi) is 4.28. The predicted octanol–water partition coefficient (Wildman–Crippen LogP) is 6.27. The average Bonchev–Trinajstić information content (AvgIpc) is 2.66. The lowest BCUT2D eigenvalue weighted by molar-refractivity contribution is -0.159. The van der Waals surface area contributed by atoms with Gasteiger partial charge in [0, 0.05) is 11.1 Å². The summed E-state index contributed by atoms with van der Waals surface area (Å²) >= 11 is 0. The van der Waals surface area contributed by atoms with Crippen LogP contribution >= 0.6 is 0 Å². The van der Waals surface area contributed by atoms with E-state index in [0.29, 0.717) is 5.57 Å². The first-order valence-corrected chi connectivity index (χ1v) is 9.41. The van der Waals surface area contributed by atoms with E-state index in [1.165, 1.54) is 33.5 Å². The van der Waals surface area contributed by atoms with Gasteiger partial charge in [0.2, 0.25) is 0 Å². The molecule has 0 aromatic heterocycles. The lowest BCUT2D eigenvalue weighted by Gasteiger charge is -2.39. The summed E-state index contributed by atoms with van der Waals surface area (Å²) in [6.45, 7) is 5.52. The second-order valence-corrected chi connectivity index (χ2v) is 7.42. The SMILES string of the molecule is C=C(C)C(=O)OC1(c2c3ccccc3cc3ccccc23)CCCCC1. The Balaban J connectivity index is 2.04. The smallest absolute Gasteiger partial charge is 0.333 e. The standard InChI is InChI=1S/C24H24O2/c1-17(2)23(25)26-24(14-8-3-9-15-24)22-20-12-6-4-10-18(20)16-19-11-5-7-13-21(19)22/h4-7,10-13,16H,1,3,8-9,14-15H2,2H3. The summed E-state index contributed by atoms with van der Waals surface area (Å²) in [6, 6.07) is 19.1. The highest BCUT2D eigenvalue weighted by molar-refractivity contribution is 6.03. The molecule has 0 saturated heterocycles. The zero-order chi connectivity index (χ0) is 18.1. The van der Waals surface area contributed by atoms with Crippen LogP contribution in [-0.2, 0) is 15.1 Å². The fraction of sp³-hybridized carbons (Fsp3) is 0.292. The topological polar surface area (TPSA) is 26.3 Å². The Hall–Kier alpha value is -2.61. The predicted molar refractivity (Wildman–Crippen MR) is 107 cm³/mol. The van der Waals surface area contributed by atoms with E-state index in [1.54, 1.807) is 6.92 Å². The summed E-state index contributed by atoms with van der Waals surface area (Å²) in [7, 11) is 0. The first-order valence-electron chi connectivity index (χ1n) is 9.41. The highest BCUT2D eigenvalue weighted by atomic mass is 16.6. The number of carbonyl (C=O) groups is 1. The van der Waals surface area contributed by atoms with Crippen LogP contribution in [0.4, 0.5) is 0 Å². The second-order valence-electron chi connectivity index (χ2n) is 7.42. The van der Waals surface area contributed by atoms with Crippen LogP contribution in [0.5, 0.6) is 0 Å². The average molecular weight is 344 g/mol. The van der Waals surface area contributed by atoms with Crippen LogP contribution in [0.15, 0.2) is 66.7 Å². The maximum absolute atomic E-state index is 12.5. The van der Waals surface area contributed by atoms with Crippen molar-refractivity contribution in [2.45, 2.75) is 44.6 Å². The highest BCUT2D eigenvalue weighted by Gasteiger charge is 2.40. The third kappa shape index (κ3) is 2.80. The quantitative estimate of drug-likeness (QED) is 0.318. The van der Waals surface area contributed by atoms with E-state index in [9.17, 15) is 4.79 Å². The number of hydrogen-bond acceptors (Lipinski definition) is 2. The third-order valence-electron chi connectivity index (χ3n) is 5.52. The number of fused-ring (bicyclic) bond motifs is 2. The fourth-order valence-corrected chi connectivity index (χ4v) is 4.30. The molecule has 26 heavy (non-hydrogen) atoms. The van der Waals surface area contributed by atoms with E-state index in [2.05, 4.69) is 61.2 Å². The summed E-state index contributed by atoms with van der Waals surface area (Å²) in [6.07, 6.45) is 5.06. The van der Waals surface area contributed by atoms with Crippen molar-refractivity contribution in [3.8, 4) is 0 Å². The van der Waals surface area contributed by atoms with E-state index in [-0.39, 0.29) is 5.97 Å². The first kappa shape index (κ1) is 16.8. The van der Waals surface area contributed by atoms with Gasteiger partial charge in [-0.05, 0) is 60.2 Å². The monoisotopic (exact) mass is 344 g/mol. The zero-order valence-electron chi connectivity index (χ0n) is 15.3. The van der Waals surface area contributed by atoms with Crippen LogP contribution in [0.2, 0.25) is 0 Å². The molecule has 0 atom stereocenters. The summed E-state index contributed by atoms with van der Waals surface area (Å²) in [5, 5.41) is 4.75. The van der Waals surface area contributed by atoms with Crippen molar-refractivity contribution in [2.24, 2.45) is 0 Å². The molecule has 132 valence electrons. The molecular formula is C24H24O2. The number of esters is 1. The summed E-state index contributed by atoms with van der Waals surface area (Å²) in [5.74, 6) is -0.288. The van der Waals surface area contributed by atoms with Gasteiger partial charge in [-0.3, -0.25) is 0 Å². The van der Waals surface area contributed by atoms with Crippen LogP contribution in [0.3, 0.4) is 0 Å². The van der Waals surface area contributed by atoms with Crippen molar-refractivity contribution < 1.29 is 9.53 Å². The number of carbonyl (C=O) groups excluding carboxylic acids is 1. The summed E-state index contributed by atoms with van der Waals surface area (Å²) < 4.78 is 6.20. The Morgan fingerprint density at radius 2 is 1.46 bits per heavy atom. The van der Waals surface area contributed by atoms with Gasteiger partial charge in [-0.15, -0.1) is 0 Å². The number of hydrogen-bond donors (Lipinski definition) is 0. The van der Waals surface area contributed by atoms with E-state index in [4.69, 9.17) is 4.74 Å². The van der Waals surface area contributed by atoms with Gasteiger partial charge < -0.3 is 4.74 Å². The van der Waals surface area contributed by atoms with Gasteiger partial charge in [0.15, 0.2) is 0 Å². The van der Waals surface area contributed by atoms with E-state index < -0.39 is 5.60 Å². The molecule has 0 bridgehead atoms. The first-order chi connectivity index (χ1) is 12.6. The third-order valence-corrected chi connectivity index (χ3v) is 5.52. The molecular weight excluding hydrogens is 320 g/mol. The van der Waals surface area contributed by atoms with Gasteiger partial charge in [0.05, 0.1) is 0 Å². The molecule has 4 rings (SSSR count). The van der Waals surface area contributed by atoms with E-state index >= 15 is 0 Å². The van der Waals surface area contributed by atoms with Crippen molar-refractivity contribution in [1.82, 2.24) is 0 Å². The van der Waals surface area contributed by atoms with Crippen LogP contribution in [0.1, 0.15) is 44.6 Å². The maximum Gasteiger partial charge on any atom is 0.333 e. The molecule has 0 N–H and O–H groups in total. The molecule has 0 unspecified atom stereocenters. The van der Waals surface area contributed by atoms with Gasteiger partial charge in [-0.25, -0.2) is 4.79 Å². The molecule has 0 aliphatic heterocycles. The van der Waals surface area contributed by atoms with Crippen LogP contribution < -0.4 is 0 Å². The zero-order valence-corrected chi connectivity index (χ0v) is 15.3. The minimum atomic E-state index is -0.575. The molecule has 3 aromatic carbocycles. The molecule has 1 fully saturated rings. The van der Waals surface area contributed by atoms with Gasteiger partial charge >= 0.3 is 5.97 Å². The van der Waals surface area contributed by atoms with Gasteiger partial charge in [0.25, 0.3) is 0 Å². The highest BCUT2D eigenvalue weighted by Crippen LogP contribution is 2.46. The fourth-order valence-electron chi connectivity index (χ4n) is 4.30. The minimum absolute atomic E-state index is 0.288. The molecule has 2 heteroatoms. The molecule has 0 amide bonds. The molecule has 0 heterocycles. The largest absolute Gasteiger partial charge is 0.451 e. The number of ether oxygens (including phenoxy) is 1. The Bertz CT molecular complexity index is 939. The molecule has 0 spiro atoms. The van der Waals surface area contributed by atoms with Gasteiger partial charge in [-0.1, -0.05) is 61.5 Å². The lowest BCUT2D eigenvalue weighted by atomic mass is 9.75. The molecule has 1 aliphatic rings. The Morgan fingerprint density at radius 1 is 0.923 bits per heavy atom. The van der Waals surface area contributed by atoms with Crippen molar-refractivity contribution in [3.63, 3.8) is 0 Å². The van der Waals surface area contributed by atoms with Gasteiger partial charge in [-0.2, -0.15) is 0 Å². The number of benzene rings is 3. The summed E-state index contributed by atoms with van der Waals surface area (Å²) in [4.78, 5) is 12.5. The van der Waals surface area contributed by atoms with Crippen molar-refractivity contribution in [3.05, 3.63) is 72.3 Å².